The molecule has 0 aromatic carbocycles. The topological polar surface area (TPSA) is 89.0 Å². The molecule has 0 spiro atoms. The lowest BCUT2D eigenvalue weighted by Gasteiger charge is -2.07. The van der Waals surface area contributed by atoms with E-state index in [2.05, 4.69) is 15.4 Å². The van der Waals surface area contributed by atoms with E-state index in [-0.39, 0.29) is 19.1 Å². The normalized spacial score (nSPS) is 10.3. The molecule has 0 aliphatic carbocycles. The van der Waals surface area contributed by atoms with Crippen LogP contribution in [0.15, 0.2) is 24.7 Å². The molecule has 2 heterocycles. The van der Waals surface area contributed by atoms with Gasteiger partial charge in [0, 0.05) is 24.3 Å². The predicted molar refractivity (Wildman–Crippen MR) is 72.3 cm³/mol. The van der Waals surface area contributed by atoms with Crippen molar-refractivity contribution in [3.8, 4) is 0 Å². The summed E-state index contributed by atoms with van der Waals surface area (Å²) in [7, 11) is 0. The van der Waals surface area contributed by atoms with E-state index in [0.717, 1.165) is 0 Å². The van der Waals surface area contributed by atoms with Crippen LogP contribution in [0.5, 0.6) is 0 Å². The molecule has 1 amide bonds. The van der Waals surface area contributed by atoms with E-state index < -0.39 is 5.97 Å². The molecule has 2 aromatic heterocycles. The summed E-state index contributed by atoms with van der Waals surface area (Å²) in [4.78, 5) is 26.6. The highest BCUT2D eigenvalue weighted by Crippen LogP contribution is 2.20. The number of nitrogens with zero attached hydrogens (tertiary/aromatic N) is 2. The number of aromatic amines is 1. The Labute approximate surface area is 115 Å². The fraction of sp³-hybridized carbons (Fsp3) is 0.308. The van der Waals surface area contributed by atoms with Crippen LogP contribution in [0.4, 0.5) is 5.69 Å². The maximum atomic E-state index is 11.9. The number of H-pyrrole nitrogens is 1. The lowest BCUT2D eigenvalue weighted by molar-refractivity contribution is -0.116. The Hall–Kier alpha value is -2.57. The first kappa shape index (κ1) is 13.9. The molecule has 2 N–H and O–H groups in total. The van der Waals surface area contributed by atoms with Gasteiger partial charge in [-0.25, -0.2) is 4.79 Å². The van der Waals surface area contributed by atoms with Gasteiger partial charge in [0.15, 0.2) is 0 Å². The summed E-state index contributed by atoms with van der Waals surface area (Å²) < 4.78 is 6.47. The number of aromatic nitrogens is 3. The van der Waals surface area contributed by atoms with Gasteiger partial charge in [-0.2, -0.15) is 5.10 Å². The van der Waals surface area contributed by atoms with Crippen molar-refractivity contribution in [2.24, 2.45) is 0 Å². The quantitative estimate of drug-likeness (QED) is 0.806. The largest absolute Gasteiger partial charge is 0.462 e. The van der Waals surface area contributed by atoms with Crippen LogP contribution in [0.2, 0.25) is 0 Å². The van der Waals surface area contributed by atoms with E-state index >= 15 is 0 Å². The highest BCUT2D eigenvalue weighted by Gasteiger charge is 2.19. The van der Waals surface area contributed by atoms with Crippen LogP contribution in [0.1, 0.15) is 23.0 Å². The molecule has 0 aliphatic rings. The molecule has 106 valence electrons. The maximum Gasteiger partial charge on any atom is 0.342 e. The number of amides is 1. The Morgan fingerprint density at radius 3 is 2.95 bits per heavy atom. The summed E-state index contributed by atoms with van der Waals surface area (Å²) in [6.45, 7) is 3.84. The number of esters is 1. The van der Waals surface area contributed by atoms with Gasteiger partial charge in [0.2, 0.25) is 5.91 Å². The molecule has 0 unspecified atom stereocenters. The molecule has 0 radical (unpaired) electrons. The number of ether oxygens (including phenoxy) is 1. The standard InChI is InChI=1S/C13H16N4O3/c1-3-20-13(19)12-9(2)14-7-10(12)16-11(18)8-17-6-4-5-15-17/h4-7,14H,3,8H2,1-2H3,(H,16,18). The van der Waals surface area contributed by atoms with Crippen molar-refractivity contribution in [2.75, 3.05) is 11.9 Å². The van der Waals surface area contributed by atoms with Crippen LogP contribution in [0.3, 0.4) is 0 Å². The van der Waals surface area contributed by atoms with Gasteiger partial charge in [-0.3, -0.25) is 9.48 Å². The van der Waals surface area contributed by atoms with E-state index in [1.54, 1.807) is 38.5 Å². The van der Waals surface area contributed by atoms with E-state index in [9.17, 15) is 9.59 Å². The maximum absolute atomic E-state index is 11.9. The summed E-state index contributed by atoms with van der Waals surface area (Å²) in [6.07, 6.45) is 4.86. The number of hydrogen-bond donors (Lipinski definition) is 2. The van der Waals surface area contributed by atoms with Crippen LogP contribution < -0.4 is 5.32 Å². The Kier molecular flexibility index (Phi) is 4.19. The number of hydrogen-bond acceptors (Lipinski definition) is 4. The Morgan fingerprint density at radius 1 is 1.50 bits per heavy atom. The van der Waals surface area contributed by atoms with E-state index in [0.29, 0.717) is 16.9 Å². The molecule has 0 bridgehead atoms. The van der Waals surface area contributed by atoms with Crippen LogP contribution >= 0.6 is 0 Å². The molecule has 0 saturated heterocycles. The number of anilines is 1. The molecule has 2 aromatic rings. The van der Waals surface area contributed by atoms with Gasteiger partial charge in [-0.1, -0.05) is 0 Å². The molecule has 0 atom stereocenters. The zero-order valence-corrected chi connectivity index (χ0v) is 11.3. The number of aryl methyl sites for hydroxylation is 1. The minimum Gasteiger partial charge on any atom is -0.462 e. The summed E-state index contributed by atoms with van der Waals surface area (Å²) in [5.74, 6) is -0.723. The van der Waals surface area contributed by atoms with Gasteiger partial charge in [0.1, 0.15) is 12.1 Å². The zero-order chi connectivity index (χ0) is 14.5. The minimum atomic E-state index is -0.458. The van der Waals surface area contributed by atoms with Crippen molar-refractivity contribution in [3.05, 3.63) is 35.9 Å². The molecule has 7 heteroatoms. The second kappa shape index (κ2) is 6.05. The molecule has 0 fully saturated rings. The fourth-order valence-electron chi connectivity index (χ4n) is 1.82. The van der Waals surface area contributed by atoms with Crippen molar-refractivity contribution in [1.82, 2.24) is 14.8 Å². The molecule has 20 heavy (non-hydrogen) atoms. The van der Waals surface area contributed by atoms with Gasteiger partial charge in [-0.05, 0) is 19.9 Å². The first-order valence-electron chi connectivity index (χ1n) is 6.24. The molecular formula is C13H16N4O3. The van der Waals surface area contributed by atoms with Crippen LogP contribution in [0, 0.1) is 6.92 Å². The molecule has 2 rings (SSSR count). The summed E-state index contributed by atoms with van der Waals surface area (Å²) in [6, 6.07) is 1.73. The third kappa shape index (κ3) is 3.05. The SMILES string of the molecule is CCOC(=O)c1c(NC(=O)Cn2cccn2)c[nH]c1C. The predicted octanol–water partition coefficient (Wildman–Crippen LogP) is 1.34. The van der Waals surface area contributed by atoms with E-state index in [1.165, 1.54) is 4.68 Å². The summed E-state index contributed by atoms with van der Waals surface area (Å²) in [5.41, 5.74) is 1.41. The van der Waals surface area contributed by atoms with Crippen molar-refractivity contribution >= 4 is 17.6 Å². The lowest BCUT2D eigenvalue weighted by Crippen LogP contribution is -2.20. The molecule has 0 aliphatic heterocycles. The smallest absolute Gasteiger partial charge is 0.342 e. The average molecular weight is 276 g/mol. The Morgan fingerprint density at radius 2 is 2.30 bits per heavy atom. The van der Waals surface area contributed by atoms with Crippen LogP contribution in [-0.4, -0.2) is 33.2 Å². The van der Waals surface area contributed by atoms with Gasteiger partial charge >= 0.3 is 5.97 Å². The fourth-order valence-corrected chi connectivity index (χ4v) is 1.82. The van der Waals surface area contributed by atoms with Gasteiger partial charge in [0.05, 0.1) is 12.3 Å². The highest BCUT2D eigenvalue weighted by molar-refractivity contribution is 6.02. The van der Waals surface area contributed by atoms with Crippen LogP contribution in [0.25, 0.3) is 0 Å². The second-order valence-electron chi connectivity index (χ2n) is 4.17. The molecular weight excluding hydrogens is 260 g/mol. The Bertz CT molecular complexity index is 601. The van der Waals surface area contributed by atoms with Crippen molar-refractivity contribution in [1.29, 1.82) is 0 Å². The minimum absolute atomic E-state index is 0.0828. The first-order valence-corrected chi connectivity index (χ1v) is 6.24. The number of rotatable bonds is 5. The Balaban J connectivity index is 2.09. The lowest BCUT2D eigenvalue weighted by atomic mass is 10.2. The average Bonchev–Trinajstić information content (AvgIpc) is 3.00. The van der Waals surface area contributed by atoms with Crippen molar-refractivity contribution in [2.45, 2.75) is 20.4 Å². The van der Waals surface area contributed by atoms with Gasteiger partial charge in [-0.15, -0.1) is 0 Å². The second-order valence-corrected chi connectivity index (χ2v) is 4.17. The number of carbonyl (C=O) groups excluding carboxylic acids is 2. The zero-order valence-electron chi connectivity index (χ0n) is 11.3. The summed E-state index contributed by atoms with van der Waals surface area (Å²) >= 11 is 0. The molecule has 0 saturated carbocycles. The third-order valence-electron chi connectivity index (χ3n) is 2.70. The van der Waals surface area contributed by atoms with E-state index in [4.69, 9.17) is 4.74 Å². The van der Waals surface area contributed by atoms with Crippen LogP contribution in [-0.2, 0) is 16.1 Å². The van der Waals surface area contributed by atoms with Gasteiger partial charge < -0.3 is 15.0 Å². The highest BCUT2D eigenvalue weighted by atomic mass is 16.5. The first-order chi connectivity index (χ1) is 9.61. The van der Waals surface area contributed by atoms with E-state index in [1.807, 2.05) is 0 Å². The van der Waals surface area contributed by atoms with Crippen molar-refractivity contribution in [3.63, 3.8) is 0 Å². The molecule has 7 nitrogen and oxygen atoms in total. The summed E-state index contributed by atoms with van der Waals surface area (Å²) in [5, 5.41) is 6.62. The monoisotopic (exact) mass is 276 g/mol. The third-order valence-corrected chi connectivity index (χ3v) is 2.70. The van der Waals surface area contributed by atoms with Gasteiger partial charge in [0.25, 0.3) is 0 Å². The number of carbonyl (C=O) groups is 2. The van der Waals surface area contributed by atoms with Crippen molar-refractivity contribution < 1.29 is 14.3 Å². The number of nitrogens with one attached hydrogen (secondary N) is 2.